The van der Waals surface area contributed by atoms with Gasteiger partial charge in [-0.15, -0.1) is 0 Å². The molecule has 3 aromatic rings. The maximum Gasteiger partial charge on any atom is 0.363 e. The standard InChI is InChI=1S/C25H18N2O7/c1-15-5-3-4-6-19(15)24(28)33-21-12-7-16(14-22(21)32-2)13-20-25(29)34-23(26-20)17-8-10-18(11-9-17)27(30)31/h3-14H,1-2H3/b20-13-. The van der Waals surface area contributed by atoms with Gasteiger partial charge >= 0.3 is 11.9 Å². The Hall–Kier alpha value is -4.79. The third-order valence-corrected chi connectivity index (χ3v) is 5.00. The summed E-state index contributed by atoms with van der Waals surface area (Å²) in [5.41, 5.74) is 2.18. The van der Waals surface area contributed by atoms with Crippen LogP contribution in [0.5, 0.6) is 11.5 Å². The molecule has 0 amide bonds. The van der Waals surface area contributed by atoms with Crippen molar-refractivity contribution >= 4 is 29.6 Å². The van der Waals surface area contributed by atoms with E-state index in [1.54, 1.807) is 30.3 Å². The molecule has 3 aromatic carbocycles. The maximum atomic E-state index is 12.5. The lowest BCUT2D eigenvalue weighted by Crippen LogP contribution is -2.10. The van der Waals surface area contributed by atoms with E-state index in [0.717, 1.165) is 5.56 Å². The SMILES string of the molecule is COc1cc(/C=C2\N=C(c3ccc([N+](=O)[O-])cc3)OC2=O)ccc1OC(=O)c1ccccc1C. The molecule has 9 heteroatoms. The number of methoxy groups -OCH3 is 1. The topological polar surface area (TPSA) is 117 Å². The van der Waals surface area contributed by atoms with Crippen LogP contribution in [-0.2, 0) is 9.53 Å². The summed E-state index contributed by atoms with van der Waals surface area (Å²) < 4.78 is 16.0. The Morgan fingerprint density at radius 1 is 1.06 bits per heavy atom. The van der Waals surface area contributed by atoms with Gasteiger partial charge in [-0.1, -0.05) is 24.3 Å². The Balaban J connectivity index is 1.57. The van der Waals surface area contributed by atoms with Crippen molar-refractivity contribution in [3.05, 3.63) is 105 Å². The van der Waals surface area contributed by atoms with Crippen LogP contribution >= 0.6 is 0 Å². The molecule has 0 N–H and O–H groups in total. The quantitative estimate of drug-likeness (QED) is 0.176. The van der Waals surface area contributed by atoms with Crippen LogP contribution in [0.25, 0.3) is 6.08 Å². The molecule has 0 radical (unpaired) electrons. The highest BCUT2D eigenvalue weighted by atomic mass is 16.6. The van der Waals surface area contributed by atoms with Crippen molar-refractivity contribution in [2.45, 2.75) is 6.92 Å². The van der Waals surface area contributed by atoms with Crippen molar-refractivity contribution in [2.24, 2.45) is 4.99 Å². The van der Waals surface area contributed by atoms with Crippen LogP contribution in [0.2, 0.25) is 0 Å². The summed E-state index contributed by atoms with van der Waals surface area (Å²) in [6, 6.07) is 17.4. The van der Waals surface area contributed by atoms with Crippen molar-refractivity contribution in [1.29, 1.82) is 0 Å². The summed E-state index contributed by atoms with van der Waals surface area (Å²) in [6.45, 7) is 1.81. The summed E-state index contributed by atoms with van der Waals surface area (Å²) in [4.78, 5) is 39.3. The lowest BCUT2D eigenvalue weighted by Gasteiger charge is -2.11. The molecule has 0 spiro atoms. The second-order valence-corrected chi connectivity index (χ2v) is 7.25. The van der Waals surface area contributed by atoms with E-state index in [-0.39, 0.29) is 23.0 Å². The zero-order valence-corrected chi connectivity index (χ0v) is 18.2. The van der Waals surface area contributed by atoms with Gasteiger partial charge in [-0.05, 0) is 54.5 Å². The van der Waals surface area contributed by atoms with Crippen LogP contribution in [0.1, 0.15) is 27.0 Å². The highest BCUT2D eigenvalue weighted by molar-refractivity contribution is 6.12. The lowest BCUT2D eigenvalue weighted by atomic mass is 10.1. The van der Waals surface area contributed by atoms with E-state index in [4.69, 9.17) is 14.2 Å². The van der Waals surface area contributed by atoms with Crippen molar-refractivity contribution in [3.8, 4) is 11.5 Å². The number of aliphatic imine (C=N–C) groups is 1. The molecule has 34 heavy (non-hydrogen) atoms. The third kappa shape index (κ3) is 4.68. The number of carbonyl (C=O) groups is 2. The molecule has 1 aliphatic rings. The average Bonchev–Trinajstić information content (AvgIpc) is 3.20. The molecule has 0 saturated heterocycles. The summed E-state index contributed by atoms with van der Waals surface area (Å²) in [6.07, 6.45) is 1.50. The van der Waals surface area contributed by atoms with E-state index in [0.29, 0.717) is 22.4 Å². The van der Waals surface area contributed by atoms with Crippen molar-refractivity contribution in [2.75, 3.05) is 7.11 Å². The van der Waals surface area contributed by atoms with Gasteiger partial charge in [0.2, 0.25) is 5.90 Å². The van der Waals surface area contributed by atoms with Gasteiger partial charge in [-0.3, -0.25) is 10.1 Å². The highest BCUT2D eigenvalue weighted by Crippen LogP contribution is 2.31. The molecule has 0 saturated carbocycles. The molecule has 0 fully saturated rings. The highest BCUT2D eigenvalue weighted by Gasteiger charge is 2.25. The van der Waals surface area contributed by atoms with Crippen LogP contribution in [0, 0.1) is 17.0 Å². The molecule has 9 nitrogen and oxygen atoms in total. The predicted molar refractivity (Wildman–Crippen MR) is 123 cm³/mol. The van der Waals surface area contributed by atoms with Crippen LogP contribution < -0.4 is 9.47 Å². The number of cyclic esters (lactones) is 1. The largest absolute Gasteiger partial charge is 0.493 e. The number of rotatable bonds is 6. The Kier molecular flexibility index (Phi) is 6.18. The maximum absolute atomic E-state index is 12.5. The average molecular weight is 458 g/mol. The minimum Gasteiger partial charge on any atom is -0.493 e. The first-order valence-corrected chi connectivity index (χ1v) is 10.1. The number of hydrogen-bond donors (Lipinski definition) is 0. The number of ether oxygens (including phenoxy) is 3. The van der Waals surface area contributed by atoms with Crippen LogP contribution in [0.4, 0.5) is 5.69 Å². The van der Waals surface area contributed by atoms with E-state index < -0.39 is 16.9 Å². The first kappa shape index (κ1) is 22.4. The first-order valence-electron chi connectivity index (χ1n) is 10.1. The number of nitro groups is 1. The Morgan fingerprint density at radius 3 is 2.47 bits per heavy atom. The Bertz CT molecular complexity index is 1360. The number of carbonyl (C=O) groups excluding carboxylic acids is 2. The monoisotopic (exact) mass is 458 g/mol. The molecule has 170 valence electrons. The minimum atomic E-state index is -0.664. The van der Waals surface area contributed by atoms with E-state index in [2.05, 4.69) is 4.99 Å². The molecule has 1 aliphatic heterocycles. The van der Waals surface area contributed by atoms with Gasteiger partial charge in [-0.2, -0.15) is 0 Å². The normalized spacial score (nSPS) is 13.9. The molecule has 0 atom stereocenters. The van der Waals surface area contributed by atoms with E-state index >= 15 is 0 Å². The van der Waals surface area contributed by atoms with E-state index in [9.17, 15) is 19.7 Å². The smallest absolute Gasteiger partial charge is 0.363 e. The third-order valence-electron chi connectivity index (χ3n) is 5.00. The summed E-state index contributed by atoms with van der Waals surface area (Å²) in [5.74, 6) is -0.618. The second-order valence-electron chi connectivity index (χ2n) is 7.25. The van der Waals surface area contributed by atoms with Gasteiger partial charge in [0, 0.05) is 17.7 Å². The summed E-state index contributed by atoms with van der Waals surface area (Å²) in [7, 11) is 1.44. The van der Waals surface area contributed by atoms with E-state index in [1.807, 2.05) is 19.1 Å². The minimum absolute atomic E-state index is 0.0417. The molecule has 4 rings (SSSR count). The zero-order valence-electron chi connectivity index (χ0n) is 18.2. The molecular formula is C25H18N2O7. The Labute approximate surface area is 194 Å². The lowest BCUT2D eigenvalue weighted by molar-refractivity contribution is -0.384. The number of non-ortho nitro benzene ring substituents is 1. The van der Waals surface area contributed by atoms with Gasteiger partial charge in [0.25, 0.3) is 5.69 Å². The molecule has 0 unspecified atom stereocenters. The van der Waals surface area contributed by atoms with E-state index in [1.165, 1.54) is 37.5 Å². The number of nitrogens with zero attached hydrogens (tertiary/aromatic N) is 2. The summed E-state index contributed by atoms with van der Waals surface area (Å²) in [5, 5.41) is 10.8. The van der Waals surface area contributed by atoms with Crippen molar-refractivity contribution in [1.82, 2.24) is 0 Å². The fourth-order valence-electron chi connectivity index (χ4n) is 3.23. The molecular weight excluding hydrogens is 440 g/mol. The summed E-state index contributed by atoms with van der Waals surface area (Å²) >= 11 is 0. The number of benzene rings is 3. The molecule has 1 heterocycles. The van der Waals surface area contributed by atoms with Gasteiger partial charge < -0.3 is 14.2 Å². The predicted octanol–water partition coefficient (Wildman–Crippen LogP) is 4.48. The molecule has 0 aliphatic carbocycles. The number of hydrogen-bond acceptors (Lipinski definition) is 8. The van der Waals surface area contributed by atoms with Gasteiger partial charge in [0.05, 0.1) is 17.6 Å². The second kappa shape index (κ2) is 9.37. The number of esters is 2. The Morgan fingerprint density at radius 2 is 1.79 bits per heavy atom. The number of aryl methyl sites for hydroxylation is 1. The van der Waals surface area contributed by atoms with Gasteiger partial charge in [0.15, 0.2) is 17.2 Å². The van der Waals surface area contributed by atoms with Crippen LogP contribution in [0.3, 0.4) is 0 Å². The van der Waals surface area contributed by atoms with Gasteiger partial charge in [-0.25, -0.2) is 14.6 Å². The molecule has 0 bridgehead atoms. The first-order chi connectivity index (χ1) is 16.4. The van der Waals surface area contributed by atoms with Crippen molar-refractivity contribution in [3.63, 3.8) is 0 Å². The van der Waals surface area contributed by atoms with Crippen molar-refractivity contribution < 1.29 is 28.7 Å². The van der Waals surface area contributed by atoms with Crippen LogP contribution in [0.15, 0.2) is 77.4 Å². The zero-order chi connectivity index (χ0) is 24.2. The van der Waals surface area contributed by atoms with Gasteiger partial charge in [0.1, 0.15) is 0 Å². The molecule has 0 aromatic heterocycles. The van der Waals surface area contributed by atoms with Crippen LogP contribution in [-0.4, -0.2) is 29.9 Å². The fourth-order valence-corrected chi connectivity index (χ4v) is 3.23. The fraction of sp³-hybridized carbons (Fsp3) is 0.0800. The number of nitro benzene ring substituents is 1.